The zero-order valence-electron chi connectivity index (χ0n) is 8.50. The lowest BCUT2D eigenvalue weighted by atomic mass is 10.2. The van der Waals surface area contributed by atoms with Crippen molar-refractivity contribution >= 4 is 16.0 Å². The molecule has 0 amide bonds. The van der Waals surface area contributed by atoms with Crippen LogP contribution >= 0.6 is 0 Å². The minimum atomic E-state index is -3.08. The van der Waals surface area contributed by atoms with E-state index in [2.05, 4.69) is 4.98 Å². The van der Waals surface area contributed by atoms with Crippen LogP contribution in [0.4, 0.5) is 5.95 Å². The van der Waals surface area contributed by atoms with E-state index in [1.54, 1.807) is 12.4 Å². The van der Waals surface area contributed by atoms with Crippen molar-refractivity contribution in [1.29, 1.82) is 0 Å². The lowest BCUT2D eigenvalue weighted by molar-refractivity contribution is 0.457. The van der Waals surface area contributed by atoms with Crippen molar-refractivity contribution in [2.24, 2.45) is 0 Å². The van der Waals surface area contributed by atoms with E-state index in [0.717, 1.165) is 6.42 Å². The molecule has 2 heterocycles. The molecule has 1 saturated heterocycles. The number of anilines is 1. The van der Waals surface area contributed by atoms with Gasteiger partial charge in [-0.1, -0.05) is 0 Å². The number of nitrogen functional groups attached to an aromatic ring is 1. The van der Waals surface area contributed by atoms with Crippen LogP contribution < -0.4 is 5.73 Å². The summed E-state index contributed by atoms with van der Waals surface area (Å²) in [7, 11) is -3.08. The Bertz CT molecular complexity index is 453. The van der Waals surface area contributed by atoms with Gasteiger partial charge in [-0.2, -0.15) is 0 Å². The van der Waals surface area contributed by atoms with E-state index in [0.29, 0.717) is 19.0 Å². The number of aromatic nitrogens is 2. The average molecular weight is 230 g/mol. The molecule has 6 nitrogen and oxygen atoms in total. The summed E-state index contributed by atoms with van der Waals surface area (Å²) in [6.45, 7) is 1.04. The molecular formula is C8H14N4O2S. The molecule has 1 aliphatic heterocycles. The monoisotopic (exact) mass is 230 g/mol. The second kappa shape index (κ2) is 3.49. The average Bonchev–Trinajstić information content (AvgIpc) is 2.69. The largest absolute Gasteiger partial charge is 0.369 e. The maximum absolute atomic E-state index is 11.3. The Hall–Kier alpha value is -1.08. The van der Waals surface area contributed by atoms with Gasteiger partial charge in [0.15, 0.2) is 5.95 Å². The summed E-state index contributed by atoms with van der Waals surface area (Å²) in [5.74, 6) is 0.440. The fourth-order valence-corrected chi connectivity index (χ4v) is 2.75. The Kier molecular flexibility index (Phi) is 2.43. The normalized spacial score (nSPS) is 23.4. The van der Waals surface area contributed by atoms with Gasteiger partial charge in [-0.05, 0) is 6.42 Å². The van der Waals surface area contributed by atoms with Gasteiger partial charge >= 0.3 is 0 Å². The van der Waals surface area contributed by atoms with Gasteiger partial charge in [-0.15, -0.1) is 0 Å². The topological polar surface area (TPSA) is 81.2 Å². The number of nitrogens with zero attached hydrogens (tertiary/aromatic N) is 3. The molecule has 1 aromatic heterocycles. The summed E-state index contributed by atoms with van der Waals surface area (Å²) < 4.78 is 25.9. The van der Waals surface area contributed by atoms with E-state index >= 15 is 0 Å². The molecule has 1 fully saturated rings. The Morgan fingerprint density at radius 1 is 1.60 bits per heavy atom. The van der Waals surface area contributed by atoms with Crippen LogP contribution in [0.15, 0.2) is 12.4 Å². The molecule has 1 aromatic rings. The third-order valence-electron chi connectivity index (χ3n) is 2.69. The summed E-state index contributed by atoms with van der Waals surface area (Å²) in [4.78, 5) is 3.92. The van der Waals surface area contributed by atoms with Crippen molar-refractivity contribution < 1.29 is 8.42 Å². The molecule has 0 bridgehead atoms. The molecule has 84 valence electrons. The summed E-state index contributed by atoms with van der Waals surface area (Å²) in [5, 5.41) is 0. The van der Waals surface area contributed by atoms with Crippen molar-refractivity contribution in [3.05, 3.63) is 12.4 Å². The van der Waals surface area contributed by atoms with Crippen molar-refractivity contribution in [3.8, 4) is 0 Å². The zero-order chi connectivity index (χ0) is 11.1. The Labute approximate surface area is 88.7 Å². The number of hydrogen-bond acceptors (Lipinski definition) is 4. The van der Waals surface area contributed by atoms with E-state index in [1.165, 1.54) is 10.6 Å². The van der Waals surface area contributed by atoms with Crippen molar-refractivity contribution in [3.63, 3.8) is 0 Å². The van der Waals surface area contributed by atoms with E-state index in [-0.39, 0.29) is 6.04 Å². The number of imidazole rings is 1. The number of rotatable bonds is 2. The highest BCUT2D eigenvalue weighted by molar-refractivity contribution is 7.88. The van der Waals surface area contributed by atoms with Gasteiger partial charge in [0.25, 0.3) is 0 Å². The lowest BCUT2D eigenvalue weighted by Crippen LogP contribution is -2.28. The molecule has 0 radical (unpaired) electrons. The third kappa shape index (κ3) is 1.98. The molecule has 1 unspecified atom stereocenters. The highest BCUT2D eigenvalue weighted by atomic mass is 32.2. The van der Waals surface area contributed by atoms with Crippen molar-refractivity contribution in [2.75, 3.05) is 25.1 Å². The predicted octanol–water partition coefficient (Wildman–Crippen LogP) is -0.328. The standard InChI is InChI=1S/C8H14N4O2S/c1-15(13,14)11-4-2-7(6-11)12-5-3-10-8(12)9/h3,5,7H,2,4,6H2,1H3,(H2,9,10). The smallest absolute Gasteiger partial charge is 0.211 e. The van der Waals surface area contributed by atoms with Crippen LogP contribution in [0, 0.1) is 0 Å². The van der Waals surface area contributed by atoms with E-state index < -0.39 is 10.0 Å². The van der Waals surface area contributed by atoms with Crippen LogP contribution in [0.3, 0.4) is 0 Å². The molecule has 1 aliphatic rings. The maximum atomic E-state index is 11.3. The molecule has 0 spiro atoms. The third-order valence-corrected chi connectivity index (χ3v) is 3.96. The summed E-state index contributed by atoms with van der Waals surface area (Å²) in [5.41, 5.74) is 5.66. The lowest BCUT2D eigenvalue weighted by Gasteiger charge is -2.14. The van der Waals surface area contributed by atoms with E-state index in [9.17, 15) is 8.42 Å². The quantitative estimate of drug-likeness (QED) is 0.754. The molecule has 0 aromatic carbocycles. The van der Waals surface area contributed by atoms with Crippen LogP contribution in [-0.4, -0.2) is 41.6 Å². The first-order valence-corrected chi connectivity index (χ1v) is 6.57. The summed E-state index contributed by atoms with van der Waals surface area (Å²) in [6.07, 6.45) is 5.42. The molecule has 7 heteroatoms. The highest BCUT2D eigenvalue weighted by Crippen LogP contribution is 2.24. The van der Waals surface area contributed by atoms with E-state index in [4.69, 9.17) is 5.73 Å². The van der Waals surface area contributed by atoms with Gasteiger partial charge < -0.3 is 10.3 Å². The van der Waals surface area contributed by atoms with Crippen molar-refractivity contribution in [1.82, 2.24) is 13.9 Å². The predicted molar refractivity (Wildman–Crippen MR) is 56.7 cm³/mol. The van der Waals surface area contributed by atoms with Gasteiger partial charge in [-0.25, -0.2) is 17.7 Å². The fourth-order valence-electron chi connectivity index (χ4n) is 1.87. The van der Waals surface area contributed by atoms with Gasteiger partial charge in [0.1, 0.15) is 0 Å². The molecular weight excluding hydrogens is 216 g/mol. The molecule has 2 rings (SSSR count). The maximum Gasteiger partial charge on any atom is 0.211 e. The molecule has 0 saturated carbocycles. The molecule has 15 heavy (non-hydrogen) atoms. The van der Waals surface area contributed by atoms with Gasteiger partial charge in [-0.3, -0.25) is 0 Å². The Morgan fingerprint density at radius 2 is 2.33 bits per heavy atom. The highest BCUT2D eigenvalue weighted by Gasteiger charge is 2.29. The molecule has 0 aliphatic carbocycles. The van der Waals surface area contributed by atoms with Gasteiger partial charge in [0.05, 0.1) is 12.3 Å². The van der Waals surface area contributed by atoms with Gasteiger partial charge in [0.2, 0.25) is 10.0 Å². The minimum Gasteiger partial charge on any atom is -0.369 e. The second-order valence-electron chi connectivity index (χ2n) is 3.76. The number of nitrogens with two attached hydrogens (primary N) is 1. The first-order chi connectivity index (χ1) is 6.98. The summed E-state index contributed by atoms with van der Waals surface area (Å²) >= 11 is 0. The first kappa shape index (κ1) is 10.4. The van der Waals surface area contributed by atoms with Gasteiger partial charge in [0, 0.05) is 25.5 Å². The second-order valence-corrected chi connectivity index (χ2v) is 5.74. The zero-order valence-corrected chi connectivity index (χ0v) is 9.31. The van der Waals surface area contributed by atoms with Crippen molar-refractivity contribution in [2.45, 2.75) is 12.5 Å². The first-order valence-electron chi connectivity index (χ1n) is 4.72. The molecule has 1 atom stereocenters. The number of hydrogen-bond donors (Lipinski definition) is 1. The Balaban J connectivity index is 2.15. The Morgan fingerprint density at radius 3 is 2.80 bits per heavy atom. The SMILES string of the molecule is CS(=O)(=O)N1CCC(n2ccnc2N)C1. The summed E-state index contributed by atoms with van der Waals surface area (Å²) in [6, 6.07) is 0.113. The van der Waals surface area contributed by atoms with Crippen LogP contribution in [0.5, 0.6) is 0 Å². The van der Waals surface area contributed by atoms with Crippen LogP contribution in [0.25, 0.3) is 0 Å². The van der Waals surface area contributed by atoms with Crippen LogP contribution in [-0.2, 0) is 10.0 Å². The van der Waals surface area contributed by atoms with E-state index in [1.807, 2.05) is 4.57 Å². The van der Waals surface area contributed by atoms with Crippen LogP contribution in [0.2, 0.25) is 0 Å². The molecule has 2 N–H and O–H groups in total. The fraction of sp³-hybridized carbons (Fsp3) is 0.625. The van der Waals surface area contributed by atoms with Crippen LogP contribution in [0.1, 0.15) is 12.5 Å². The number of sulfonamides is 1. The minimum absolute atomic E-state index is 0.113.